The van der Waals surface area contributed by atoms with Gasteiger partial charge in [0.2, 0.25) is 0 Å². The fourth-order valence-electron chi connectivity index (χ4n) is 3.45. The lowest BCUT2D eigenvalue weighted by Gasteiger charge is -2.44. The smallest absolute Gasteiger partial charge is 0.125 e. The standard InChI is InChI=1S/C17H23ClN4/c18-16-15(19)17(20,8-9-21-16)14-6-10-22(11-7-14)12-13-4-2-1-3-5-13/h1-5,8-9,14-15H,6-7,10-12,19-20H2. The summed E-state index contributed by atoms with van der Waals surface area (Å²) >= 11 is 6.09. The molecule has 0 bridgehead atoms. The van der Waals surface area contributed by atoms with Gasteiger partial charge in [-0.1, -0.05) is 41.9 Å². The molecule has 2 aliphatic rings. The highest BCUT2D eigenvalue weighted by atomic mass is 35.5. The Morgan fingerprint density at radius 1 is 1.23 bits per heavy atom. The van der Waals surface area contributed by atoms with E-state index in [1.165, 1.54) is 5.56 Å². The number of rotatable bonds is 3. The van der Waals surface area contributed by atoms with Gasteiger partial charge >= 0.3 is 0 Å². The van der Waals surface area contributed by atoms with Gasteiger partial charge in [-0.15, -0.1) is 0 Å². The second-order valence-corrected chi connectivity index (χ2v) is 6.67. The van der Waals surface area contributed by atoms with Gasteiger partial charge in [-0.2, -0.15) is 0 Å². The average molecular weight is 319 g/mol. The molecular weight excluding hydrogens is 296 g/mol. The minimum atomic E-state index is -0.572. The van der Waals surface area contributed by atoms with E-state index in [0.717, 1.165) is 32.5 Å². The molecule has 1 aromatic carbocycles. The molecule has 0 saturated carbocycles. The van der Waals surface area contributed by atoms with Gasteiger partial charge in [-0.3, -0.25) is 4.90 Å². The van der Waals surface area contributed by atoms with Crippen LogP contribution in [0.2, 0.25) is 0 Å². The Morgan fingerprint density at radius 2 is 1.91 bits per heavy atom. The zero-order valence-electron chi connectivity index (χ0n) is 12.7. The summed E-state index contributed by atoms with van der Waals surface area (Å²) in [6.07, 6.45) is 5.69. The fourth-order valence-corrected chi connectivity index (χ4v) is 3.70. The SMILES string of the molecule is NC1C(Cl)=NC=CC1(N)C1CCN(Cc2ccccc2)CC1. The van der Waals surface area contributed by atoms with Crippen molar-refractivity contribution in [2.24, 2.45) is 22.4 Å². The summed E-state index contributed by atoms with van der Waals surface area (Å²) in [5, 5.41) is 0.414. The Bertz CT molecular complexity index is 563. The number of benzene rings is 1. The molecule has 2 heterocycles. The Labute approximate surface area is 136 Å². The average Bonchev–Trinajstić information content (AvgIpc) is 2.54. The van der Waals surface area contributed by atoms with Crippen molar-refractivity contribution in [2.45, 2.75) is 31.0 Å². The third kappa shape index (κ3) is 3.10. The largest absolute Gasteiger partial charge is 0.320 e. The van der Waals surface area contributed by atoms with Crippen molar-refractivity contribution >= 4 is 16.8 Å². The molecule has 118 valence electrons. The van der Waals surface area contributed by atoms with Crippen molar-refractivity contribution < 1.29 is 0 Å². The van der Waals surface area contributed by atoms with Crippen LogP contribution in [0.1, 0.15) is 18.4 Å². The fraction of sp³-hybridized carbons (Fsp3) is 0.471. The Balaban J connectivity index is 1.60. The lowest BCUT2D eigenvalue weighted by Crippen LogP contribution is -2.63. The second kappa shape index (κ2) is 6.50. The zero-order chi connectivity index (χ0) is 15.6. The lowest BCUT2D eigenvalue weighted by atomic mass is 9.73. The number of hydrogen-bond donors (Lipinski definition) is 2. The predicted octanol–water partition coefficient (Wildman–Crippen LogP) is 2.09. The van der Waals surface area contributed by atoms with Gasteiger partial charge in [0.25, 0.3) is 0 Å². The van der Waals surface area contributed by atoms with Gasteiger partial charge in [0.15, 0.2) is 0 Å². The summed E-state index contributed by atoms with van der Waals surface area (Å²) in [6.45, 7) is 3.07. The van der Waals surface area contributed by atoms with E-state index in [2.05, 4.69) is 40.2 Å². The quantitative estimate of drug-likeness (QED) is 0.896. The van der Waals surface area contributed by atoms with Crippen LogP contribution in [0.5, 0.6) is 0 Å². The van der Waals surface area contributed by atoms with Crippen LogP contribution in [0.3, 0.4) is 0 Å². The maximum absolute atomic E-state index is 6.57. The summed E-state index contributed by atoms with van der Waals surface area (Å²) in [5.41, 5.74) is 13.5. The minimum absolute atomic E-state index is 0.343. The molecule has 1 saturated heterocycles. The van der Waals surface area contributed by atoms with Crippen molar-refractivity contribution in [3.63, 3.8) is 0 Å². The van der Waals surface area contributed by atoms with E-state index in [9.17, 15) is 0 Å². The van der Waals surface area contributed by atoms with Crippen LogP contribution in [0.4, 0.5) is 0 Å². The molecule has 4 nitrogen and oxygen atoms in total. The summed E-state index contributed by atoms with van der Waals surface area (Å²) < 4.78 is 0. The third-order valence-electron chi connectivity index (χ3n) is 4.90. The lowest BCUT2D eigenvalue weighted by molar-refractivity contribution is 0.138. The van der Waals surface area contributed by atoms with Gasteiger partial charge in [0.1, 0.15) is 5.17 Å². The first-order valence-electron chi connectivity index (χ1n) is 7.81. The Kier molecular flexibility index (Phi) is 4.64. The van der Waals surface area contributed by atoms with Crippen LogP contribution in [-0.4, -0.2) is 34.7 Å². The van der Waals surface area contributed by atoms with Crippen molar-refractivity contribution in [3.05, 3.63) is 48.2 Å². The highest BCUT2D eigenvalue weighted by Crippen LogP contribution is 2.33. The van der Waals surface area contributed by atoms with Gasteiger partial charge < -0.3 is 11.5 Å². The van der Waals surface area contributed by atoms with E-state index < -0.39 is 11.6 Å². The van der Waals surface area contributed by atoms with Gasteiger partial charge in [0, 0.05) is 12.7 Å². The van der Waals surface area contributed by atoms with Crippen LogP contribution in [0, 0.1) is 5.92 Å². The van der Waals surface area contributed by atoms with Crippen LogP contribution in [-0.2, 0) is 6.54 Å². The van der Waals surface area contributed by atoms with Crippen molar-refractivity contribution in [1.82, 2.24) is 4.90 Å². The maximum atomic E-state index is 6.57. The molecule has 22 heavy (non-hydrogen) atoms. The Morgan fingerprint density at radius 3 is 2.59 bits per heavy atom. The van der Waals surface area contributed by atoms with Crippen molar-refractivity contribution in [2.75, 3.05) is 13.1 Å². The van der Waals surface area contributed by atoms with E-state index in [1.54, 1.807) is 6.20 Å². The van der Waals surface area contributed by atoms with Gasteiger partial charge in [-0.25, -0.2) is 4.99 Å². The first-order chi connectivity index (χ1) is 10.6. The topological polar surface area (TPSA) is 67.6 Å². The third-order valence-corrected chi connectivity index (χ3v) is 5.23. The molecule has 0 aromatic heterocycles. The predicted molar refractivity (Wildman–Crippen MR) is 91.8 cm³/mol. The molecule has 4 N–H and O–H groups in total. The molecule has 1 fully saturated rings. The summed E-state index contributed by atoms with van der Waals surface area (Å²) in [4.78, 5) is 6.53. The van der Waals surface area contributed by atoms with Crippen LogP contribution < -0.4 is 11.5 Å². The normalized spacial score (nSPS) is 30.3. The zero-order valence-corrected chi connectivity index (χ0v) is 13.4. The molecule has 0 aliphatic carbocycles. The molecule has 0 amide bonds. The number of piperidine rings is 1. The van der Waals surface area contributed by atoms with E-state index in [1.807, 2.05) is 6.08 Å². The number of nitrogens with zero attached hydrogens (tertiary/aromatic N) is 2. The highest BCUT2D eigenvalue weighted by molar-refractivity contribution is 6.67. The molecule has 0 radical (unpaired) electrons. The van der Waals surface area contributed by atoms with Crippen molar-refractivity contribution in [1.29, 1.82) is 0 Å². The number of halogens is 1. The molecule has 3 rings (SSSR count). The molecule has 2 aliphatic heterocycles. The number of nitrogens with two attached hydrogens (primary N) is 2. The summed E-state index contributed by atoms with van der Waals surface area (Å²) in [6, 6.07) is 10.2. The van der Waals surface area contributed by atoms with Crippen LogP contribution in [0.25, 0.3) is 0 Å². The molecule has 2 unspecified atom stereocenters. The highest BCUT2D eigenvalue weighted by Gasteiger charge is 2.42. The number of aliphatic imine (C=N–C) groups is 1. The van der Waals surface area contributed by atoms with E-state index in [0.29, 0.717) is 11.1 Å². The van der Waals surface area contributed by atoms with Gasteiger partial charge in [-0.05, 0) is 43.5 Å². The molecular formula is C17H23ClN4. The maximum Gasteiger partial charge on any atom is 0.125 e. The van der Waals surface area contributed by atoms with Crippen LogP contribution >= 0.6 is 11.6 Å². The monoisotopic (exact) mass is 318 g/mol. The van der Waals surface area contributed by atoms with E-state index in [-0.39, 0.29) is 0 Å². The van der Waals surface area contributed by atoms with E-state index in [4.69, 9.17) is 23.1 Å². The van der Waals surface area contributed by atoms with Crippen LogP contribution in [0.15, 0.2) is 47.6 Å². The summed E-state index contributed by atoms with van der Waals surface area (Å²) in [5.74, 6) is 0.343. The van der Waals surface area contributed by atoms with Gasteiger partial charge in [0.05, 0.1) is 11.6 Å². The summed E-state index contributed by atoms with van der Waals surface area (Å²) in [7, 11) is 0. The number of hydrogen-bond acceptors (Lipinski definition) is 4. The minimum Gasteiger partial charge on any atom is -0.320 e. The Hall–Kier alpha value is -1.20. The molecule has 1 aromatic rings. The van der Waals surface area contributed by atoms with E-state index >= 15 is 0 Å². The second-order valence-electron chi connectivity index (χ2n) is 6.28. The molecule has 5 heteroatoms. The van der Waals surface area contributed by atoms with Crippen molar-refractivity contribution in [3.8, 4) is 0 Å². The molecule has 2 atom stereocenters. The number of likely N-dealkylation sites (tertiary alicyclic amines) is 1. The molecule has 0 spiro atoms. The first kappa shape index (κ1) is 15.7. The first-order valence-corrected chi connectivity index (χ1v) is 8.19.